The highest BCUT2D eigenvalue weighted by molar-refractivity contribution is 5.43. The molecule has 0 aromatic heterocycles. The van der Waals surface area contributed by atoms with E-state index in [1.807, 2.05) is 19.9 Å². The summed E-state index contributed by atoms with van der Waals surface area (Å²) in [7, 11) is 0. The van der Waals surface area contributed by atoms with Gasteiger partial charge in [-0.25, -0.2) is 0 Å². The number of hydrogen-bond acceptors (Lipinski definition) is 4. The Hall–Kier alpha value is -1.26. The fraction of sp³-hybridized carbons (Fsp3) is 0.600. The molecule has 1 aromatic carbocycles. The van der Waals surface area contributed by atoms with Crippen LogP contribution >= 0.6 is 0 Å². The van der Waals surface area contributed by atoms with Crippen molar-refractivity contribution in [3.63, 3.8) is 0 Å². The summed E-state index contributed by atoms with van der Waals surface area (Å²) in [5.74, 6) is 2.02. The molecule has 0 heterocycles. The SMILES string of the molecule is CCOc1ccc(CCC(CN)CN)cc1OCC. The summed E-state index contributed by atoms with van der Waals surface area (Å²) < 4.78 is 11.2. The first-order chi connectivity index (χ1) is 9.24. The molecule has 0 fully saturated rings. The van der Waals surface area contributed by atoms with Crippen molar-refractivity contribution in [2.24, 2.45) is 17.4 Å². The third kappa shape index (κ3) is 5.09. The molecule has 0 bridgehead atoms. The van der Waals surface area contributed by atoms with Crippen LogP contribution in [-0.4, -0.2) is 26.3 Å². The molecule has 4 N–H and O–H groups in total. The van der Waals surface area contributed by atoms with Crippen molar-refractivity contribution in [2.45, 2.75) is 26.7 Å². The van der Waals surface area contributed by atoms with Crippen LogP contribution in [0.25, 0.3) is 0 Å². The zero-order chi connectivity index (χ0) is 14.1. The van der Waals surface area contributed by atoms with E-state index in [1.54, 1.807) is 0 Å². The lowest BCUT2D eigenvalue weighted by Crippen LogP contribution is -2.23. The Morgan fingerprint density at radius 2 is 1.63 bits per heavy atom. The number of benzene rings is 1. The van der Waals surface area contributed by atoms with Gasteiger partial charge in [0.2, 0.25) is 0 Å². The third-order valence-corrected chi connectivity index (χ3v) is 3.12. The van der Waals surface area contributed by atoms with Gasteiger partial charge in [0.1, 0.15) is 0 Å². The van der Waals surface area contributed by atoms with Crippen LogP contribution in [0, 0.1) is 5.92 Å². The minimum Gasteiger partial charge on any atom is -0.490 e. The molecule has 0 unspecified atom stereocenters. The van der Waals surface area contributed by atoms with Crippen molar-refractivity contribution < 1.29 is 9.47 Å². The van der Waals surface area contributed by atoms with E-state index in [2.05, 4.69) is 12.1 Å². The minimum absolute atomic E-state index is 0.391. The highest BCUT2D eigenvalue weighted by Crippen LogP contribution is 2.29. The van der Waals surface area contributed by atoms with Crippen LogP contribution in [0.4, 0.5) is 0 Å². The zero-order valence-electron chi connectivity index (χ0n) is 12.0. The predicted molar refractivity (Wildman–Crippen MR) is 78.7 cm³/mol. The van der Waals surface area contributed by atoms with Crippen molar-refractivity contribution in [3.8, 4) is 11.5 Å². The van der Waals surface area contributed by atoms with Crippen LogP contribution in [0.1, 0.15) is 25.8 Å². The summed E-state index contributed by atoms with van der Waals surface area (Å²) in [6.45, 7) is 6.51. The highest BCUT2D eigenvalue weighted by Gasteiger charge is 2.08. The van der Waals surface area contributed by atoms with E-state index in [1.165, 1.54) is 5.56 Å². The highest BCUT2D eigenvalue weighted by atomic mass is 16.5. The van der Waals surface area contributed by atoms with Gasteiger partial charge in [0.25, 0.3) is 0 Å². The van der Waals surface area contributed by atoms with Gasteiger partial charge < -0.3 is 20.9 Å². The second-order valence-electron chi connectivity index (χ2n) is 4.52. The summed E-state index contributed by atoms with van der Waals surface area (Å²) in [6.07, 6.45) is 1.97. The van der Waals surface area contributed by atoms with Gasteiger partial charge in [-0.1, -0.05) is 6.07 Å². The molecule has 0 saturated heterocycles. The van der Waals surface area contributed by atoms with Crippen LogP contribution < -0.4 is 20.9 Å². The Labute approximate surface area is 116 Å². The molecule has 0 aliphatic rings. The summed E-state index contributed by atoms with van der Waals surface area (Å²) in [4.78, 5) is 0. The fourth-order valence-corrected chi connectivity index (χ4v) is 1.95. The summed E-state index contributed by atoms with van der Waals surface area (Å²) in [5.41, 5.74) is 12.6. The maximum Gasteiger partial charge on any atom is 0.161 e. The molecule has 1 rings (SSSR count). The van der Waals surface area contributed by atoms with Crippen LogP contribution in [0.15, 0.2) is 18.2 Å². The van der Waals surface area contributed by atoms with E-state index in [9.17, 15) is 0 Å². The van der Waals surface area contributed by atoms with Crippen LogP contribution in [-0.2, 0) is 6.42 Å². The van der Waals surface area contributed by atoms with Crippen molar-refractivity contribution in [3.05, 3.63) is 23.8 Å². The Balaban J connectivity index is 2.71. The molecule has 0 aliphatic carbocycles. The maximum absolute atomic E-state index is 5.66. The van der Waals surface area contributed by atoms with Gasteiger partial charge in [0.05, 0.1) is 13.2 Å². The number of rotatable bonds is 9. The molecule has 19 heavy (non-hydrogen) atoms. The van der Waals surface area contributed by atoms with E-state index in [-0.39, 0.29) is 0 Å². The molecule has 0 aliphatic heterocycles. The molecular formula is C15H26N2O2. The topological polar surface area (TPSA) is 70.5 Å². The molecule has 0 spiro atoms. The number of ether oxygens (including phenoxy) is 2. The predicted octanol–water partition coefficient (Wildman–Crippen LogP) is 1.95. The number of aryl methyl sites for hydroxylation is 1. The lowest BCUT2D eigenvalue weighted by atomic mass is 9.99. The first kappa shape index (κ1) is 15.8. The minimum atomic E-state index is 0.391. The van der Waals surface area contributed by atoms with E-state index in [0.717, 1.165) is 24.3 Å². The quantitative estimate of drug-likeness (QED) is 0.716. The first-order valence-corrected chi connectivity index (χ1v) is 7.03. The Kier molecular flexibility index (Phi) is 7.30. The van der Waals surface area contributed by atoms with Crippen molar-refractivity contribution in [1.29, 1.82) is 0 Å². The smallest absolute Gasteiger partial charge is 0.161 e. The Bertz CT molecular complexity index is 365. The van der Waals surface area contributed by atoms with Gasteiger partial charge in [-0.05, 0) is 63.4 Å². The fourth-order valence-electron chi connectivity index (χ4n) is 1.95. The number of nitrogens with two attached hydrogens (primary N) is 2. The van der Waals surface area contributed by atoms with Gasteiger partial charge in [-0.3, -0.25) is 0 Å². The molecule has 108 valence electrons. The van der Waals surface area contributed by atoms with E-state index in [0.29, 0.717) is 32.2 Å². The average molecular weight is 266 g/mol. The van der Waals surface area contributed by atoms with Gasteiger partial charge >= 0.3 is 0 Å². The van der Waals surface area contributed by atoms with Gasteiger partial charge in [0.15, 0.2) is 11.5 Å². The van der Waals surface area contributed by atoms with Gasteiger partial charge in [-0.2, -0.15) is 0 Å². The first-order valence-electron chi connectivity index (χ1n) is 7.03. The second kappa shape index (κ2) is 8.77. The van der Waals surface area contributed by atoms with Crippen LogP contribution in [0.5, 0.6) is 11.5 Å². The summed E-state index contributed by atoms with van der Waals surface area (Å²) >= 11 is 0. The molecule has 0 atom stereocenters. The Morgan fingerprint density at radius 1 is 1.00 bits per heavy atom. The molecular weight excluding hydrogens is 240 g/mol. The zero-order valence-corrected chi connectivity index (χ0v) is 12.0. The van der Waals surface area contributed by atoms with E-state index in [4.69, 9.17) is 20.9 Å². The molecule has 0 saturated carbocycles. The average Bonchev–Trinajstić information content (AvgIpc) is 2.43. The molecule has 4 heteroatoms. The van der Waals surface area contributed by atoms with Crippen molar-refractivity contribution >= 4 is 0 Å². The third-order valence-electron chi connectivity index (χ3n) is 3.12. The lowest BCUT2D eigenvalue weighted by molar-refractivity contribution is 0.287. The van der Waals surface area contributed by atoms with Gasteiger partial charge in [0, 0.05) is 0 Å². The molecule has 0 amide bonds. The molecule has 1 aromatic rings. The van der Waals surface area contributed by atoms with Crippen molar-refractivity contribution in [1.82, 2.24) is 0 Å². The maximum atomic E-state index is 5.66. The summed E-state index contributed by atoms with van der Waals surface area (Å²) in [5, 5.41) is 0. The summed E-state index contributed by atoms with van der Waals surface area (Å²) in [6, 6.07) is 6.11. The molecule has 4 nitrogen and oxygen atoms in total. The molecule has 0 radical (unpaired) electrons. The monoisotopic (exact) mass is 266 g/mol. The Morgan fingerprint density at radius 3 is 2.21 bits per heavy atom. The second-order valence-corrected chi connectivity index (χ2v) is 4.52. The lowest BCUT2D eigenvalue weighted by Gasteiger charge is -2.14. The van der Waals surface area contributed by atoms with E-state index >= 15 is 0 Å². The number of hydrogen-bond donors (Lipinski definition) is 2. The van der Waals surface area contributed by atoms with Crippen molar-refractivity contribution in [2.75, 3.05) is 26.3 Å². The van der Waals surface area contributed by atoms with E-state index < -0.39 is 0 Å². The van der Waals surface area contributed by atoms with Gasteiger partial charge in [-0.15, -0.1) is 0 Å². The largest absolute Gasteiger partial charge is 0.490 e. The normalized spacial score (nSPS) is 10.8. The van der Waals surface area contributed by atoms with Crippen LogP contribution in [0.3, 0.4) is 0 Å². The standard InChI is InChI=1S/C15H26N2O2/c1-3-18-14-8-7-12(9-15(14)19-4-2)5-6-13(10-16)11-17/h7-9,13H,3-6,10-11,16-17H2,1-2H3. The van der Waals surface area contributed by atoms with Crippen LogP contribution in [0.2, 0.25) is 0 Å².